The van der Waals surface area contributed by atoms with E-state index in [2.05, 4.69) is 40.4 Å². The van der Waals surface area contributed by atoms with Gasteiger partial charge in [-0.2, -0.15) is 0 Å². The summed E-state index contributed by atoms with van der Waals surface area (Å²) in [5.41, 5.74) is 5.49. The minimum Gasteiger partial charge on any atom is -0.312 e. The molecule has 0 radical (unpaired) electrons. The molecule has 1 N–H and O–H groups in total. The zero-order valence-corrected chi connectivity index (χ0v) is 13.0. The van der Waals surface area contributed by atoms with Gasteiger partial charge in [0.1, 0.15) is 5.82 Å². The zero-order valence-electron chi connectivity index (χ0n) is 12.2. The number of halogens is 1. The number of nitrogens with zero attached hydrogens (tertiary/aromatic N) is 2. The van der Waals surface area contributed by atoms with Crippen molar-refractivity contribution in [3.63, 3.8) is 0 Å². The first-order valence-electron chi connectivity index (χ1n) is 7.40. The second kappa shape index (κ2) is 5.39. The Morgan fingerprint density at radius 2 is 1.81 bits per heavy atom. The molecule has 1 fully saturated rings. The molecular weight excluding hydrogens is 282 g/mol. The lowest BCUT2D eigenvalue weighted by Crippen LogP contribution is -2.23. The third kappa shape index (κ3) is 2.68. The fraction of sp³-hybridized carbons (Fsp3) is 0.412. The van der Waals surface area contributed by atoms with Crippen LogP contribution in [0.4, 0.5) is 0 Å². The average molecular weight is 302 g/mol. The van der Waals surface area contributed by atoms with Crippen molar-refractivity contribution in [3.8, 4) is 11.1 Å². The second-order valence-electron chi connectivity index (χ2n) is 6.27. The molecule has 1 saturated carbocycles. The quantitative estimate of drug-likeness (QED) is 0.925. The Labute approximate surface area is 131 Å². The Balaban J connectivity index is 0.00000132. The highest BCUT2D eigenvalue weighted by Crippen LogP contribution is 2.45. The van der Waals surface area contributed by atoms with E-state index in [1.54, 1.807) is 0 Å². The maximum Gasteiger partial charge on any atom is 0.134 e. The topological polar surface area (TPSA) is 37.8 Å². The number of benzene rings is 1. The summed E-state index contributed by atoms with van der Waals surface area (Å²) in [5, 5.41) is 3.41. The number of nitrogens with one attached hydrogen (secondary N) is 1. The predicted molar refractivity (Wildman–Crippen MR) is 86.7 cm³/mol. The molecule has 1 aromatic heterocycles. The molecule has 4 heteroatoms. The molecule has 0 spiro atoms. The van der Waals surface area contributed by atoms with Crippen LogP contribution in [0.2, 0.25) is 0 Å². The first-order valence-corrected chi connectivity index (χ1v) is 7.40. The van der Waals surface area contributed by atoms with Gasteiger partial charge < -0.3 is 5.32 Å². The Kier molecular flexibility index (Phi) is 3.72. The molecule has 1 aromatic carbocycles. The van der Waals surface area contributed by atoms with Crippen LogP contribution in [0.25, 0.3) is 11.1 Å². The van der Waals surface area contributed by atoms with Gasteiger partial charge in [-0.15, -0.1) is 12.4 Å². The van der Waals surface area contributed by atoms with E-state index in [-0.39, 0.29) is 17.8 Å². The normalized spacial score (nSPS) is 18.5. The number of hydrogen-bond acceptors (Lipinski definition) is 3. The van der Waals surface area contributed by atoms with Gasteiger partial charge in [0.2, 0.25) is 0 Å². The Morgan fingerprint density at radius 1 is 1.05 bits per heavy atom. The average Bonchev–Trinajstić information content (AvgIpc) is 3.26. The van der Waals surface area contributed by atoms with Crippen molar-refractivity contribution < 1.29 is 0 Å². The molecule has 2 heterocycles. The maximum absolute atomic E-state index is 4.58. The van der Waals surface area contributed by atoms with E-state index in [0.29, 0.717) is 0 Å². The highest BCUT2D eigenvalue weighted by atomic mass is 35.5. The highest BCUT2D eigenvalue weighted by molar-refractivity contribution is 5.85. The van der Waals surface area contributed by atoms with E-state index in [0.717, 1.165) is 30.9 Å². The summed E-state index contributed by atoms with van der Waals surface area (Å²) in [5.74, 6) is 1.00. The van der Waals surface area contributed by atoms with Gasteiger partial charge in [-0.25, -0.2) is 9.97 Å². The van der Waals surface area contributed by atoms with Crippen LogP contribution in [-0.2, 0) is 18.4 Å². The van der Waals surface area contributed by atoms with E-state index in [4.69, 9.17) is 0 Å². The van der Waals surface area contributed by atoms with Crippen molar-refractivity contribution in [1.29, 1.82) is 0 Å². The monoisotopic (exact) mass is 301 g/mol. The zero-order chi connectivity index (χ0) is 13.6. The molecule has 2 aliphatic rings. The predicted octanol–water partition coefficient (Wildman–Crippen LogP) is 3.26. The van der Waals surface area contributed by atoms with E-state index in [9.17, 15) is 0 Å². The molecule has 3 nitrogen and oxygen atoms in total. The van der Waals surface area contributed by atoms with Gasteiger partial charge >= 0.3 is 0 Å². The second-order valence-corrected chi connectivity index (χ2v) is 6.27. The Morgan fingerprint density at radius 3 is 2.52 bits per heavy atom. The van der Waals surface area contributed by atoms with Crippen molar-refractivity contribution in [3.05, 3.63) is 47.5 Å². The van der Waals surface area contributed by atoms with Crippen LogP contribution in [-0.4, -0.2) is 16.5 Å². The summed E-state index contributed by atoms with van der Waals surface area (Å²) in [6, 6.07) is 6.71. The third-order valence-corrected chi connectivity index (χ3v) is 4.62. The van der Waals surface area contributed by atoms with Gasteiger partial charge in [0, 0.05) is 29.9 Å². The molecule has 1 aliphatic carbocycles. The lowest BCUT2D eigenvalue weighted by Gasteiger charge is -2.18. The summed E-state index contributed by atoms with van der Waals surface area (Å²) in [6.45, 7) is 4.31. The van der Waals surface area contributed by atoms with Crippen LogP contribution in [0.3, 0.4) is 0 Å². The summed E-state index contributed by atoms with van der Waals surface area (Å²) in [4.78, 5) is 9.15. The minimum atomic E-state index is 0. The van der Waals surface area contributed by atoms with Gasteiger partial charge in [0.05, 0.1) is 0 Å². The SMILES string of the molecule is CC1(c2ncc(-c3ccc4c(c3)CCNC4)cn2)CC1.Cl. The van der Waals surface area contributed by atoms with E-state index in [1.165, 1.54) is 29.5 Å². The molecule has 0 unspecified atom stereocenters. The number of aromatic nitrogens is 2. The number of hydrogen-bond donors (Lipinski definition) is 1. The summed E-state index contributed by atoms with van der Waals surface area (Å²) < 4.78 is 0. The standard InChI is InChI=1S/C17H19N3.ClH/c1-17(5-6-17)16-19-10-15(11-20-16)12-2-3-14-9-18-7-4-13(14)8-12;/h2-3,8,10-11,18H,4-7,9H2,1H3;1H. The van der Waals surface area contributed by atoms with E-state index in [1.807, 2.05) is 12.4 Å². The van der Waals surface area contributed by atoms with E-state index < -0.39 is 0 Å². The van der Waals surface area contributed by atoms with Crippen LogP contribution < -0.4 is 5.32 Å². The fourth-order valence-corrected chi connectivity index (χ4v) is 2.86. The summed E-state index contributed by atoms with van der Waals surface area (Å²) in [7, 11) is 0. The Hall–Kier alpha value is -1.45. The largest absolute Gasteiger partial charge is 0.312 e. The number of fused-ring (bicyclic) bond motifs is 1. The lowest BCUT2D eigenvalue weighted by molar-refractivity contribution is 0.644. The van der Waals surface area contributed by atoms with Gasteiger partial charge in [-0.3, -0.25) is 0 Å². The molecule has 0 atom stereocenters. The molecule has 0 amide bonds. The fourth-order valence-electron chi connectivity index (χ4n) is 2.86. The van der Waals surface area contributed by atoms with Gasteiger partial charge in [-0.05, 0) is 42.5 Å². The lowest BCUT2D eigenvalue weighted by atomic mass is 9.96. The molecule has 0 bridgehead atoms. The molecule has 2 aromatic rings. The summed E-state index contributed by atoms with van der Waals surface area (Å²) >= 11 is 0. The molecule has 1 aliphatic heterocycles. The molecular formula is C17H20ClN3. The third-order valence-electron chi connectivity index (χ3n) is 4.62. The van der Waals surface area contributed by atoms with Crippen LogP contribution in [0.1, 0.15) is 36.7 Å². The van der Waals surface area contributed by atoms with Gasteiger partial charge in [-0.1, -0.05) is 25.1 Å². The van der Waals surface area contributed by atoms with Crippen LogP contribution in [0.15, 0.2) is 30.6 Å². The first kappa shape index (κ1) is 14.5. The van der Waals surface area contributed by atoms with Crippen molar-refractivity contribution in [1.82, 2.24) is 15.3 Å². The van der Waals surface area contributed by atoms with Crippen molar-refractivity contribution in [2.24, 2.45) is 0 Å². The molecule has 110 valence electrons. The summed E-state index contributed by atoms with van der Waals surface area (Å²) in [6.07, 6.45) is 7.51. The smallest absolute Gasteiger partial charge is 0.134 e. The molecule has 0 saturated heterocycles. The van der Waals surface area contributed by atoms with Crippen LogP contribution >= 0.6 is 12.4 Å². The van der Waals surface area contributed by atoms with E-state index >= 15 is 0 Å². The van der Waals surface area contributed by atoms with Crippen molar-refractivity contribution in [2.75, 3.05) is 6.54 Å². The van der Waals surface area contributed by atoms with Gasteiger partial charge in [0.15, 0.2) is 0 Å². The molecule has 4 rings (SSSR count). The number of rotatable bonds is 2. The first-order chi connectivity index (χ1) is 9.74. The maximum atomic E-state index is 4.58. The molecule has 21 heavy (non-hydrogen) atoms. The highest BCUT2D eigenvalue weighted by Gasteiger charge is 2.41. The van der Waals surface area contributed by atoms with Gasteiger partial charge in [0.25, 0.3) is 0 Å². The van der Waals surface area contributed by atoms with Crippen molar-refractivity contribution >= 4 is 12.4 Å². The minimum absolute atomic E-state index is 0. The van der Waals surface area contributed by atoms with Crippen LogP contribution in [0.5, 0.6) is 0 Å². The Bertz CT molecular complexity index is 648. The van der Waals surface area contributed by atoms with Crippen molar-refractivity contribution in [2.45, 2.75) is 38.1 Å². The van der Waals surface area contributed by atoms with Crippen LogP contribution in [0, 0.1) is 0 Å².